The van der Waals surface area contributed by atoms with Crippen LogP contribution in [0.3, 0.4) is 0 Å². The summed E-state index contributed by atoms with van der Waals surface area (Å²) in [7, 11) is 0. The van der Waals surface area contributed by atoms with Gasteiger partial charge in [-0.25, -0.2) is 20.4 Å². The van der Waals surface area contributed by atoms with Crippen molar-refractivity contribution in [3.05, 3.63) is 36.9 Å². The normalized spacial score (nSPS) is 12.7. The molecule has 0 atom stereocenters. The number of nitrogens with two attached hydrogens (primary N) is 1. The minimum atomic E-state index is -0.452. The molecule has 1 aromatic carbocycles. The standard InChI is InChI=1S/C22H23N7O5S/c23-20-19-21(26-12-25-20)29(6-5-24-4-3-18(30)28-31)22(27-19)35-17-11-16-15(33-8-9-34-16)10-13(17)14-2-1-7-32-14/h1-2,7,10-12,24,31H,3-6,8-9H2,(H,28,30)(H2,23,25,26). The van der Waals surface area contributed by atoms with Crippen molar-refractivity contribution < 1.29 is 23.9 Å². The van der Waals surface area contributed by atoms with Gasteiger partial charge in [-0.15, -0.1) is 0 Å². The molecular formula is C22H23N7O5S. The summed E-state index contributed by atoms with van der Waals surface area (Å²) < 4.78 is 19.2. The summed E-state index contributed by atoms with van der Waals surface area (Å²) in [6, 6.07) is 7.54. The number of hydroxylamine groups is 1. The molecule has 0 saturated heterocycles. The SMILES string of the molecule is Nc1ncnc2c1nc(Sc1cc3c(cc1-c1ccco1)OCCO3)n2CCNCCC(=O)NO. The molecule has 1 aliphatic heterocycles. The van der Waals surface area contributed by atoms with Crippen molar-refractivity contribution in [2.45, 2.75) is 23.0 Å². The van der Waals surface area contributed by atoms with Gasteiger partial charge in [0.05, 0.1) is 6.26 Å². The van der Waals surface area contributed by atoms with Crippen molar-refractivity contribution in [1.29, 1.82) is 0 Å². The highest BCUT2D eigenvalue weighted by Crippen LogP contribution is 2.44. The van der Waals surface area contributed by atoms with E-state index in [-0.39, 0.29) is 12.2 Å². The summed E-state index contributed by atoms with van der Waals surface area (Å²) in [4.78, 5) is 25.3. The molecule has 13 heteroatoms. The molecule has 1 aliphatic rings. The van der Waals surface area contributed by atoms with E-state index in [2.05, 4.69) is 15.3 Å². The average molecular weight is 498 g/mol. The summed E-state index contributed by atoms with van der Waals surface area (Å²) in [5, 5.41) is 12.5. The quantitative estimate of drug-likeness (QED) is 0.152. The molecule has 3 aromatic heterocycles. The van der Waals surface area contributed by atoms with Crippen LogP contribution in [0, 0.1) is 0 Å². The Morgan fingerprint density at radius 2 is 2.03 bits per heavy atom. The number of fused-ring (bicyclic) bond motifs is 2. The van der Waals surface area contributed by atoms with Crippen LogP contribution in [0.2, 0.25) is 0 Å². The first-order chi connectivity index (χ1) is 17.1. The first kappa shape index (κ1) is 23.0. The van der Waals surface area contributed by atoms with Gasteiger partial charge in [-0.3, -0.25) is 10.0 Å². The number of ether oxygens (including phenoxy) is 2. The lowest BCUT2D eigenvalue weighted by Crippen LogP contribution is -2.27. The number of imidazole rings is 1. The van der Waals surface area contributed by atoms with Crippen LogP contribution in [0.5, 0.6) is 11.5 Å². The minimum absolute atomic E-state index is 0.154. The lowest BCUT2D eigenvalue weighted by atomic mass is 10.1. The fraction of sp³-hybridized carbons (Fsp3) is 0.273. The molecule has 0 saturated carbocycles. The highest BCUT2D eigenvalue weighted by Gasteiger charge is 2.22. The molecule has 0 unspecified atom stereocenters. The summed E-state index contributed by atoms with van der Waals surface area (Å²) in [6.07, 6.45) is 3.18. The molecule has 4 heterocycles. The monoisotopic (exact) mass is 497 g/mol. The van der Waals surface area contributed by atoms with Crippen LogP contribution in [0.4, 0.5) is 5.82 Å². The van der Waals surface area contributed by atoms with Gasteiger partial charge in [0.15, 0.2) is 33.6 Å². The molecule has 182 valence electrons. The second-order valence-electron chi connectivity index (χ2n) is 7.58. The van der Waals surface area contributed by atoms with Crippen LogP contribution in [0.1, 0.15) is 6.42 Å². The number of hydrogen-bond donors (Lipinski definition) is 4. The van der Waals surface area contributed by atoms with Gasteiger partial charge in [-0.05, 0) is 24.3 Å². The van der Waals surface area contributed by atoms with Crippen molar-refractivity contribution in [3.63, 3.8) is 0 Å². The molecule has 5 N–H and O–H groups in total. The number of amides is 1. The molecule has 0 bridgehead atoms. The Balaban J connectivity index is 1.47. The fourth-order valence-corrected chi connectivity index (χ4v) is 4.72. The topological polar surface area (TPSA) is 163 Å². The Morgan fingerprint density at radius 1 is 1.20 bits per heavy atom. The second kappa shape index (κ2) is 10.2. The predicted molar refractivity (Wildman–Crippen MR) is 126 cm³/mol. The molecule has 4 aromatic rings. The van der Waals surface area contributed by atoms with E-state index in [1.54, 1.807) is 11.7 Å². The van der Waals surface area contributed by atoms with E-state index >= 15 is 0 Å². The number of nitrogens with zero attached hydrogens (tertiary/aromatic N) is 4. The van der Waals surface area contributed by atoms with Crippen LogP contribution in [0.15, 0.2) is 51.3 Å². The molecule has 0 fully saturated rings. The highest BCUT2D eigenvalue weighted by molar-refractivity contribution is 7.99. The zero-order valence-electron chi connectivity index (χ0n) is 18.6. The summed E-state index contributed by atoms with van der Waals surface area (Å²) >= 11 is 1.43. The van der Waals surface area contributed by atoms with E-state index in [0.717, 1.165) is 10.5 Å². The van der Waals surface area contributed by atoms with Gasteiger partial charge < -0.3 is 29.5 Å². The minimum Gasteiger partial charge on any atom is -0.486 e. The maximum atomic E-state index is 11.2. The molecular weight excluding hydrogens is 474 g/mol. The van der Waals surface area contributed by atoms with Gasteiger partial charge in [0, 0.05) is 36.5 Å². The molecule has 0 spiro atoms. The van der Waals surface area contributed by atoms with E-state index in [1.807, 2.05) is 28.8 Å². The van der Waals surface area contributed by atoms with Crippen molar-refractivity contribution in [2.75, 3.05) is 32.0 Å². The predicted octanol–water partition coefficient (Wildman–Crippen LogP) is 2.08. The van der Waals surface area contributed by atoms with Crippen LogP contribution in [-0.2, 0) is 11.3 Å². The molecule has 35 heavy (non-hydrogen) atoms. The highest BCUT2D eigenvalue weighted by atomic mass is 32.2. The third-order valence-corrected chi connectivity index (χ3v) is 6.38. The van der Waals surface area contributed by atoms with Gasteiger partial charge in [0.2, 0.25) is 5.91 Å². The van der Waals surface area contributed by atoms with Gasteiger partial charge in [0.25, 0.3) is 0 Å². The van der Waals surface area contributed by atoms with Crippen molar-refractivity contribution in [3.8, 4) is 22.8 Å². The number of hydrogen-bond acceptors (Lipinski definition) is 11. The van der Waals surface area contributed by atoms with Gasteiger partial charge in [-0.1, -0.05) is 11.8 Å². The number of carbonyl (C=O) groups is 1. The number of aromatic nitrogens is 4. The smallest absolute Gasteiger partial charge is 0.244 e. The van der Waals surface area contributed by atoms with Gasteiger partial charge in [-0.2, -0.15) is 0 Å². The summed E-state index contributed by atoms with van der Waals surface area (Å²) in [6.45, 7) is 2.41. The number of benzene rings is 1. The third-order valence-electron chi connectivity index (χ3n) is 5.32. The molecule has 12 nitrogen and oxygen atoms in total. The molecule has 0 radical (unpaired) electrons. The van der Waals surface area contributed by atoms with Crippen LogP contribution in [0.25, 0.3) is 22.5 Å². The number of nitrogens with one attached hydrogen (secondary N) is 2. The number of nitrogen functional groups attached to an aromatic ring is 1. The second-order valence-corrected chi connectivity index (χ2v) is 8.59. The van der Waals surface area contributed by atoms with E-state index in [9.17, 15) is 4.79 Å². The maximum absolute atomic E-state index is 11.2. The zero-order chi connectivity index (χ0) is 24.2. The van der Waals surface area contributed by atoms with Gasteiger partial charge >= 0.3 is 0 Å². The lowest BCUT2D eigenvalue weighted by molar-refractivity contribution is -0.129. The Hall–Kier alpha value is -3.81. The van der Waals surface area contributed by atoms with E-state index in [4.69, 9.17) is 29.8 Å². The molecule has 5 rings (SSSR count). The van der Waals surface area contributed by atoms with Crippen molar-refractivity contribution >= 4 is 34.7 Å². The third kappa shape index (κ3) is 4.87. The number of carbonyl (C=O) groups excluding carboxylic acids is 1. The number of furan rings is 1. The van der Waals surface area contributed by atoms with Crippen LogP contribution >= 0.6 is 11.8 Å². The van der Waals surface area contributed by atoms with Crippen LogP contribution < -0.4 is 26.0 Å². The fourth-order valence-electron chi connectivity index (χ4n) is 3.66. The maximum Gasteiger partial charge on any atom is 0.244 e. The summed E-state index contributed by atoms with van der Waals surface area (Å²) in [5.41, 5.74) is 9.66. The van der Waals surface area contributed by atoms with E-state index < -0.39 is 5.91 Å². The first-order valence-corrected chi connectivity index (χ1v) is 11.7. The molecule has 0 aliphatic carbocycles. The lowest BCUT2D eigenvalue weighted by Gasteiger charge is -2.20. The van der Waals surface area contributed by atoms with E-state index in [0.29, 0.717) is 66.4 Å². The largest absolute Gasteiger partial charge is 0.486 e. The Kier molecular flexibility index (Phi) is 6.70. The van der Waals surface area contributed by atoms with Gasteiger partial charge in [0.1, 0.15) is 25.3 Å². The van der Waals surface area contributed by atoms with E-state index in [1.165, 1.54) is 18.1 Å². The Morgan fingerprint density at radius 3 is 2.80 bits per heavy atom. The zero-order valence-corrected chi connectivity index (χ0v) is 19.4. The average Bonchev–Trinajstić information content (AvgIpc) is 3.53. The molecule has 1 amide bonds. The number of anilines is 1. The number of rotatable bonds is 9. The first-order valence-electron chi connectivity index (χ1n) is 10.9. The van der Waals surface area contributed by atoms with Crippen molar-refractivity contribution in [1.82, 2.24) is 30.3 Å². The Bertz CT molecular complexity index is 1340. The van der Waals surface area contributed by atoms with Crippen molar-refractivity contribution in [2.24, 2.45) is 0 Å². The Labute approximate surface area is 203 Å². The van der Waals surface area contributed by atoms with Crippen LogP contribution in [-0.4, -0.2) is 56.9 Å². The summed E-state index contributed by atoms with van der Waals surface area (Å²) in [5.74, 6) is 1.84.